The number of fused-ring (bicyclic) bond motifs is 3. The maximum atomic E-state index is 13.1. The van der Waals surface area contributed by atoms with E-state index in [1.54, 1.807) is 22.7 Å². The Labute approximate surface area is 179 Å². The quantitative estimate of drug-likeness (QED) is 0.483. The molecule has 152 valence electrons. The van der Waals surface area contributed by atoms with Gasteiger partial charge >= 0.3 is 0 Å². The zero-order valence-electron chi connectivity index (χ0n) is 15.9. The summed E-state index contributed by atoms with van der Waals surface area (Å²) in [6, 6.07) is 12.9. The summed E-state index contributed by atoms with van der Waals surface area (Å²) in [6.07, 6.45) is 1.47. The number of aromatic nitrogens is 3. The Hall–Kier alpha value is -3.17. The van der Waals surface area contributed by atoms with Gasteiger partial charge in [0.15, 0.2) is 0 Å². The summed E-state index contributed by atoms with van der Waals surface area (Å²) < 4.78 is 7.87. The predicted octanol–water partition coefficient (Wildman–Crippen LogP) is 3.03. The Bertz CT molecular complexity index is 1320. The molecule has 0 atom stereocenters. The van der Waals surface area contributed by atoms with E-state index in [2.05, 4.69) is 36.2 Å². The Morgan fingerprint density at radius 3 is 2.80 bits per heavy atom. The van der Waals surface area contributed by atoms with E-state index < -0.39 is 0 Å². The number of anilines is 2. The van der Waals surface area contributed by atoms with E-state index >= 15 is 0 Å². The zero-order chi connectivity index (χ0) is 20.7. The van der Waals surface area contributed by atoms with E-state index in [1.165, 1.54) is 6.20 Å². The SMILES string of the molecule is O=C(Nc1cc(Br)ccc1N1CCOCC1)c1cnn2c1[nH]c(=O)c1ccccc12. The molecule has 3 heterocycles. The van der Waals surface area contributed by atoms with Crippen molar-refractivity contribution in [3.8, 4) is 0 Å². The van der Waals surface area contributed by atoms with Crippen molar-refractivity contribution in [2.45, 2.75) is 0 Å². The second-order valence-corrected chi connectivity index (χ2v) is 7.92. The summed E-state index contributed by atoms with van der Waals surface area (Å²) in [6.45, 7) is 2.79. The molecule has 9 heteroatoms. The molecule has 2 aromatic heterocycles. The third-order valence-electron chi connectivity index (χ3n) is 5.18. The molecule has 4 aromatic rings. The fourth-order valence-corrected chi connectivity index (χ4v) is 4.08. The van der Waals surface area contributed by atoms with E-state index in [9.17, 15) is 9.59 Å². The van der Waals surface area contributed by atoms with Crippen molar-refractivity contribution in [3.05, 3.63) is 69.1 Å². The van der Waals surface area contributed by atoms with Crippen LogP contribution in [0.4, 0.5) is 11.4 Å². The lowest BCUT2D eigenvalue weighted by Crippen LogP contribution is -2.36. The zero-order valence-corrected chi connectivity index (χ0v) is 17.5. The highest BCUT2D eigenvalue weighted by atomic mass is 79.9. The molecular weight excluding hydrogens is 450 g/mol. The number of hydrogen-bond acceptors (Lipinski definition) is 5. The second-order valence-electron chi connectivity index (χ2n) is 7.00. The average molecular weight is 468 g/mol. The fourth-order valence-electron chi connectivity index (χ4n) is 3.72. The van der Waals surface area contributed by atoms with Crippen molar-refractivity contribution in [2.75, 3.05) is 36.5 Å². The first-order chi connectivity index (χ1) is 14.6. The number of rotatable bonds is 3. The summed E-state index contributed by atoms with van der Waals surface area (Å²) in [5, 5.41) is 7.83. The molecule has 0 aliphatic carbocycles. The van der Waals surface area contributed by atoms with Crippen LogP contribution in [0.2, 0.25) is 0 Å². The minimum absolute atomic E-state index is 0.260. The van der Waals surface area contributed by atoms with Gasteiger partial charge in [-0.25, -0.2) is 4.52 Å². The molecule has 1 saturated heterocycles. The highest BCUT2D eigenvalue weighted by Crippen LogP contribution is 2.30. The lowest BCUT2D eigenvalue weighted by Gasteiger charge is -2.30. The number of halogens is 1. The maximum Gasteiger partial charge on any atom is 0.261 e. The van der Waals surface area contributed by atoms with E-state index in [4.69, 9.17) is 4.74 Å². The highest BCUT2D eigenvalue weighted by molar-refractivity contribution is 9.10. The molecule has 2 aromatic carbocycles. The van der Waals surface area contributed by atoms with Crippen LogP contribution in [0.15, 0.2) is 57.9 Å². The van der Waals surface area contributed by atoms with Gasteiger partial charge in [0.05, 0.1) is 41.7 Å². The van der Waals surface area contributed by atoms with Crippen LogP contribution < -0.4 is 15.8 Å². The Morgan fingerprint density at radius 1 is 1.17 bits per heavy atom. The van der Waals surface area contributed by atoms with Gasteiger partial charge in [-0.3, -0.25) is 9.59 Å². The van der Waals surface area contributed by atoms with E-state index in [0.717, 1.165) is 23.2 Å². The third kappa shape index (κ3) is 3.25. The van der Waals surface area contributed by atoms with Gasteiger partial charge in [-0.1, -0.05) is 28.1 Å². The predicted molar refractivity (Wildman–Crippen MR) is 118 cm³/mol. The molecule has 8 nitrogen and oxygen atoms in total. The van der Waals surface area contributed by atoms with Crippen molar-refractivity contribution < 1.29 is 9.53 Å². The summed E-state index contributed by atoms with van der Waals surface area (Å²) in [5.41, 5.74) is 2.64. The van der Waals surface area contributed by atoms with Gasteiger partial charge in [0.25, 0.3) is 11.5 Å². The average Bonchev–Trinajstić information content (AvgIpc) is 3.19. The minimum atomic E-state index is -0.344. The topological polar surface area (TPSA) is 91.7 Å². The Morgan fingerprint density at radius 2 is 1.97 bits per heavy atom. The summed E-state index contributed by atoms with van der Waals surface area (Å²) >= 11 is 3.48. The fraction of sp³-hybridized carbons (Fsp3) is 0.190. The molecule has 1 aliphatic heterocycles. The van der Waals surface area contributed by atoms with Gasteiger partial charge in [0.2, 0.25) is 0 Å². The first-order valence-corrected chi connectivity index (χ1v) is 10.3. The molecule has 1 fully saturated rings. The van der Waals surface area contributed by atoms with Crippen molar-refractivity contribution in [1.29, 1.82) is 0 Å². The number of ether oxygens (including phenoxy) is 1. The van der Waals surface area contributed by atoms with Crippen LogP contribution in [0, 0.1) is 0 Å². The van der Waals surface area contributed by atoms with Crippen molar-refractivity contribution in [2.24, 2.45) is 0 Å². The van der Waals surface area contributed by atoms with Gasteiger partial charge in [0.1, 0.15) is 11.2 Å². The molecule has 0 bridgehead atoms. The molecule has 1 amide bonds. The number of carbonyl (C=O) groups is 1. The number of nitrogens with one attached hydrogen (secondary N) is 2. The lowest BCUT2D eigenvalue weighted by atomic mass is 10.2. The van der Waals surface area contributed by atoms with Crippen LogP contribution in [0.25, 0.3) is 16.6 Å². The second kappa shape index (κ2) is 7.58. The standard InChI is InChI=1S/C21H18BrN5O3/c22-13-5-6-18(26-7-9-30-10-8-26)16(11-13)24-21(29)15-12-23-27-17-4-2-1-3-14(17)20(28)25-19(15)27/h1-6,11-12H,7-10H2,(H,24,29)(H,25,28). The number of para-hydroxylation sites is 1. The van der Waals surface area contributed by atoms with Crippen molar-refractivity contribution in [1.82, 2.24) is 14.6 Å². The molecular formula is C21H18BrN5O3. The maximum absolute atomic E-state index is 13.1. The van der Waals surface area contributed by atoms with E-state index in [-0.39, 0.29) is 11.5 Å². The number of amides is 1. The van der Waals surface area contributed by atoms with E-state index in [0.29, 0.717) is 41.0 Å². The van der Waals surface area contributed by atoms with Gasteiger partial charge in [0, 0.05) is 17.6 Å². The first-order valence-electron chi connectivity index (χ1n) is 9.54. The molecule has 5 rings (SSSR count). The van der Waals surface area contributed by atoms with Crippen molar-refractivity contribution in [3.63, 3.8) is 0 Å². The van der Waals surface area contributed by atoms with Crippen LogP contribution in [0.3, 0.4) is 0 Å². The minimum Gasteiger partial charge on any atom is -0.378 e. The number of H-pyrrole nitrogens is 1. The summed E-state index contributed by atoms with van der Waals surface area (Å²) in [5.74, 6) is -0.344. The van der Waals surface area contributed by atoms with Crippen molar-refractivity contribution >= 4 is 49.8 Å². The number of hydrogen-bond donors (Lipinski definition) is 2. The highest BCUT2D eigenvalue weighted by Gasteiger charge is 2.20. The normalized spacial score (nSPS) is 14.4. The Balaban J connectivity index is 1.54. The number of benzene rings is 2. The number of aromatic amines is 1. The van der Waals surface area contributed by atoms with Crippen LogP contribution in [-0.2, 0) is 4.74 Å². The molecule has 0 radical (unpaired) electrons. The van der Waals surface area contributed by atoms with E-state index in [1.807, 2.05) is 24.3 Å². The monoisotopic (exact) mass is 467 g/mol. The van der Waals surface area contributed by atoms with Crippen LogP contribution in [-0.4, -0.2) is 46.8 Å². The molecule has 0 spiro atoms. The number of nitrogens with zero attached hydrogens (tertiary/aromatic N) is 3. The molecule has 30 heavy (non-hydrogen) atoms. The smallest absolute Gasteiger partial charge is 0.261 e. The van der Waals surface area contributed by atoms with Gasteiger partial charge in [-0.2, -0.15) is 5.10 Å². The van der Waals surface area contributed by atoms with Crippen LogP contribution in [0.5, 0.6) is 0 Å². The van der Waals surface area contributed by atoms with Gasteiger partial charge < -0.3 is 19.9 Å². The van der Waals surface area contributed by atoms with Crippen LogP contribution in [0.1, 0.15) is 10.4 Å². The first kappa shape index (κ1) is 18.8. The van der Waals surface area contributed by atoms with Gasteiger partial charge in [-0.15, -0.1) is 0 Å². The number of morpholine rings is 1. The molecule has 0 saturated carbocycles. The molecule has 0 unspecified atom stereocenters. The largest absolute Gasteiger partial charge is 0.378 e. The summed E-state index contributed by atoms with van der Waals surface area (Å²) in [4.78, 5) is 30.6. The molecule has 1 aliphatic rings. The Kier molecular flexibility index (Phi) is 4.76. The summed E-state index contributed by atoms with van der Waals surface area (Å²) in [7, 11) is 0. The lowest BCUT2D eigenvalue weighted by molar-refractivity contribution is 0.102. The third-order valence-corrected chi connectivity index (χ3v) is 5.67. The van der Waals surface area contributed by atoms with Gasteiger partial charge in [-0.05, 0) is 30.3 Å². The van der Waals surface area contributed by atoms with Crippen LogP contribution >= 0.6 is 15.9 Å². The molecule has 2 N–H and O–H groups in total. The number of carbonyl (C=O) groups excluding carboxylic acids is 1.